The van der Waals surface area contributed by atoms with E-state index in [1.807, 2.05) is 0 Å². The van der Waals surface area contributed by atoms with E-state index >= 15 is 0 Å². The van der Waals surface area contributed by atoms with Gasteiger partial charge in [0.2, 0.25) is 10.0 Å². The van der Waals surface area contributed by atoms with Gasteiger partial charge >= 0.3 is 5.97 Å². The van der Waals surface area contributed by atoms with Crippen molar-refractivity contribution in [1.29, 1.82) is 0 Å². The van der Waals surface area contributed by atoms with Crippen molar-refractivity contribution in [3.05, 3.63) is 51.9 Å². The molecule has 2 aromatic rings. The van der Waals surface area contributed by atoms with Crippen LogP contribution in [-0.2, 0) is 16.6 Å². The molecule has 0 bridgehead atoms. The van der Waals surface area contributed by atoms with Gasteiger partial charge in [-0.05, 0) is 30.7 Å². The molecular weight excluding hydrogens is 362 g/mol. The third kappa shape index (κ3) is 3.52. The van der Waals surface area contributed by atoms with Crippen LogP contribution in [0.25, 0.3) is 0 Å². The van der Waals surface area contributed by atoms with Gasteiger partial charge in [0.15, 0.2) is 0 Å². The van der Waals surface area contributed by atoms with Gasteiger partial charge in [-0.3, -0.25) is 0 Å². The fourth-order valence-corrected chi connectivity index (χ4v) is 3.60. The van der Waals surface area contributed by atoms with Crippen molar-refractivity contribution in [3.8, 4) is 0 Å². The predicted octanol–water partition coefficient (Wildman–Crippen LogP) is 2.53. The summed E-state index contributed by atoms with van der Waals surface area (Å²) >= 11 is 3.18. The standard InChI is InChI=1S/C13H12BrNO5S/c1-8-11(14)4-10(13(16)17)5-12(8)21(18,19)15-6-9-2-3-20-7-9/h2-5,7,15H,6H2,1H3,(H,16,17). The van der Waals surface area contributed by atoms with Gasteiger partial charge in [0.1, 0.15) is 0 Å². The van der Waals surface area contributed by atoms with E-state index < -0.39 is 16.0 Å². The number of rotatable bonds is 5. The minimum Gasteiger partial charge on any atom is -0.478 e. The Bertz CT molecular complexity index is 768. The summed E-state index contributed by atoms with van der Waals surface area (Å²) in [6.45, 7) is 1.66. The van der Waals surface area contributed by atoms with Crippen LogP contribution in [0.4, 0.5) is 0 Å². The molecule has 0 fully saturated rings. The summed E-state index contributed by atoms with van der Waals surface area (Å²) in [6.07, 6.45) is 2.87. The summed E-state index contributed by atoms with van der Waals surface area (Å²) in [5.74, 6) is -1.19. The fraction of sp³-hybridized carbons (Fsp3) is 0.154. The van der Waals surface area contributed by atoms with E-state index in [2.05, 4.69) is 20.7 Å². The predicted molar refractivity (Wildman–Crippen MR) is 78.6 cm³/mol. The first-order valence-corrected chi connectivity index (χ1v) is 8.13. The number of carboxylic acids is 1. The zero-order chi connectivity index (χ0) is 15.6. The van der Waals surface area contributed by atoms with E-state index in [1.165, 1.54) is 18.6 Å². The van der Waals surface area contributed by atoms with Crippen molar-refractivity contribution >= 4 is 31.9 Å². The van der Waals surface area contributed by atoms with E-state index in [0.29, 0.717) is 15.6 Å². The molecule has 0 atom stereocenters. The molecule has 0 saturated heterocycles. The monoisotopic (exact) mass is 373 g/mol. The van der Waals surface area contributed by atoms with Crippen LogP contribution in [0.1, 0.15) is 21.5 Å². The number of benzene rings is 1. The average Bonchev–Trinajstić information content (AvgIpc) is 2.92. The molecule has 1 aromatic carbocycles. The van der Waals surface area contributed by atoms with Crippen molar-refractivity contribution < 1.29 is 22.7 Å². The Kier molecular flexibility index (Phi) is 4.50. The van der Waals surface area contributed by atoms with Gasteiger partial charge in [0.25, 0.3) is 0 Å². The first-order chi connectivity index (χ1) is 9.81. The number of hydrogen-bond acceptors (Lipinski definition) is 4. The number of sulfonamides is 1. The van der Waals surface area contributed by atoms with Crippen molar-refractivity contribution in [2.45, 2.75) is 18.4 Å². The number of furan rings is 1. The maximum atomic E-state index is 12.3. The molecule has 0 aliphatic rings. The molecular formula is C13H12BrNO5S. The molecule has 1 aromatic heterocycles. The van der Waals surface area contributed by atoms with Gasteiger partial charge in [0.05, 0.1) is 23.0 Å². The second kappa shape index (κ2) is 6.00. The second-order valence-corrected chi connectivity index (χ2v) is 6.93. The van der Waals surface area contributed by atoms with Crippen LogP contribution in [0.5, 0.6) is 0 Å². The second-order valence-electron chi connectivity index (χ2n) is 4.34. The highest BCUT2D eigenvalue weighted by atomic mass is 79.9. The molecule has 2 N–H and O–H groups in total. The van der Waals surface area contributed by atoms with Gasteiger partial charge in [-0.15, -0.1) is 0 Å². The van der Waals surface area contributed by atoms with Gasteiger partial charge in [-0.25, -0.2) is 17.9 Å². The molecule has 1 heterocycles. The van der Waals surface area contributed by atoms with E-state index in [-0.39, 0.29) is 17.0 Å². The largest absolute Gasteiger partial charge is 0.478 e. The highest BCUT2D eigenvalue weighted by Crippen LogP contribution is 2.26. The molecule has 8 heteroatoms. The lowest BCUT2D eigenvalue weighted by Gasteiger charge is -2.11. The van der Waals surface area contributed by atoms with Crippen LogP contribution < -0.4 is 4.72 Å². The lowest BCUT2D eigenvalue weighted by atomic mass is 10.1. The van der Waals surface area contributed by atoms with Crippen LogP contribution in [0, 0.1) is 6.92 Å². The number of nitrogens with one attached hydrogen (secondary N) is 1. The van der Waals surface area contributed by atoms with E-state index in [0.717, 1.165) is 6.07 Å². The maximum absolute atomic E-state index is 12.3. The first kappa shape index (κ1) is 15.7. The fourth-order valence-electron chi connectivity index (χ4n) is 1.71. The summed E-state index contributed by atoms with van der Waals surface area (Å²) in [5.41, 5.74) is 1.01. The lowest BCUT2D eigenvalue weighted by Crippen LogP contribution is -2.24. The Morgan fingerprint density at radius 1 is 1.43 bits per heavy atom. The van der Waals surface area contributed by atoms with Crippen molar-refractivity contribution in [2.75, 3.05) is 0 Å². The average molecular weight is 374 g/mol. The van der Waals surface area contributed by atoms with E-state index in [4.69, 9.17) is 9.52 Å². The normalized spacial score (nSPS) is 11.5. The lowest BCUT2D eigenvalue weighted by molar-refractivity contribution is 0.0696. The third-order valence-electron chi connectivity index (χ3n) is 2.88. The Hall–Kier alpha value is -1.64. The van der Waals surface area contributed by atoms with Gasteiger partial charge in [-0.2, -0.15) is 0 Å². The number of hydrogen-bond donors (Lipinski definition) is 2. The van der Waals surface area contributed by atoms with Crippen molar-refractivity contribution in [3.63, 3.8) is 0 Å². The number of halogens is 1. The molecule has 0 radical (unpaired) electrons. The smallest absolute Gasteiger partial charge is 0.335 e. The first-order valence-electron chi connectivity index (χ1n) is 5.85. The molecule has 0 aliphatic carbocycles. The summed E-state index contributed by atoms with van der Waals surface area (Å²) in [6, 6.07) is 4.14. The maximum Gasteiger partial charge on any atom is 0.335 e. The summed E-state index contributed by atoms with van der Waals surface area (Å²) < 4.78 is 32.3. The number of aromatic carboxylic acids is 1. The quantitative estimate of drug-likeness (QED) is 0.839. The number of carboxylic acid groups (broad SMARTS) is 1. The Balaban J connectivity index is 2.37. The molecule has 2 rings (SSSR count). The van der Waals surface area contributed by atoms with E-state index in [9.17, 15) is 13.2 Å². The highest BCUT2D eigenvalue weighted by molar-refractivity contribution is 9.10. The molecule has 0 unspecified atom stereocenters. The van der Waals surface area contributed by atoms with Gasteiger partial charge in [-0.1, -0.05) is 15.9 Å². The SMILES string of the molecule is Cc1c(Br)cc(C(=O)O)cc1S(=O)(=O)NCc1ccoc1. The molecule has 0 amide bonds. The molecule has 0 spiro atoms. The minimum atomic E-state index is -3.83. The zero-order valence-electron chi connectivity index (χ0n) is 11.0. The minimum absolute atomic E-state index is 0.0627. The molecule has 0 aliphatic heterocycles. The van der Waals surface area contributed by atoms with E-state index in [1.54, 1.807) is 13.0 Å². The highest BCUT2D eigenvalue weighted by Gasteiger charge is 2.21. The van der Waals surface area contributed by atoms with Crippen LogP contribution >= 0.6 is 15.9 Å². The molecule has 0 saturated carbocycles. The number of carbonyl (C=O) groups is 1. The topological polar surface area (TPSA) is 96.6 Å². The zero-order valence-corrected chi connectivity index (χ0v) is 13.4. The van der Waals surface area contributed by atoms with Crippen LogP contribution in [0.15, 0.2) is 44.5 Å². The summed E-state index contributed by atoms with van der Waals surface area (Å²) in [7, 11) is -3.83. The van der Waals surface area contributed by atoms with Crippen molar-refractivity contribution in [2.24, 2.45) is 0 Å². The Morgan fingerprint density at radius 3 is 2.71 bits per heavy atom. The molecule has 6 nitrogen and oxygen atoms in total. The summed E-state index contributed by atoms with van der Waals surface area (Å²) in [4.78, 5) is 11.0. The molecule has 112 valence electrons. The Morgan fingerprint density at radius 2 is 2.14 bits per heavy atom. The summed E-state index contributed by atoms with van der Waals surface area (Å²) in [5, 5.41) is 9.02. The third-order valence-corrected chi connectivity index (χ3v) is 5.23. The Labute approximate surface area is 130 Å². The van der Waals surface area contributed by atoms with Gasteiger partial charge < -0.3 is 9.52 Å². The van der Waals surface area contributed by atoms with Crippen LogP contribution in [0.3, 0.4) is 0 Å². The van der Waals surface area contributed by atoms with Crippen molar-refractivity contribution in [1.82, 2.24) is 4.72 Å². The van der Waals surface area contributed by atoms with Crippen LogP contribution in [0.2, 0.25) is 0 Å². The van der Waals surface area contributed by atoms with Gasteiger partial charge in [0, 0.05) is 16.6 Å². The van der Waals surface area contributed by atoms with Crippen LogP contribution in [-0.4, -0.2) is 19.5 Å². The molecule has 21 heavy (non-hydrogen) atoms.